The van der Waals surface area contributed by atoms with Gasteiger partial charge in [0, 0.05) is 25.2 Å². The van der Waals surface area contributed by atoms with Crippen LogP contribution in [-0.2, 0) is 6.54 Å². The molecule has 0 saturated heterocycles. The molecule has 1 aromatic carbocycles. The highest BCUT2D eigenvalue weighted by Crippen LogP contribution is 2.21. The lowest BCUT2D eigenvalue weighted by Gasteiger charge is -2.28. The Hall–Kier alpha value is -1.20. The molecule has 20 heavy (non-hydrogen) atoms. The van der Waals surface area contributed by atoms with E-state index in [2.05, 4.69) is 28.8 Å². The Morgan fingerprint density at radius 2 is 1.90 bits per heavy atom. The van der Waals surface area contributed by atoms with Crippen LogP contribution in [0.2, 0.25) is 0 Å². The van der Waals surface area contributed by atoms with Crippen LogP contribution in [0.1, 0.15) is 19.4 Å². The van der Waals surface area contributed by atoms with E-state index in [9.17, 15) is 8.78 Å². The van der Waals surface area contributed by atoms with Gasteiger partial charge in [0.15, 0.2) is 0 Å². The second-order valence-corrected chi connectivity index (χ2v) is 5.99. The molecule has 1 N–H and O–H groups in total. The summed E-state index contributed by atoms with van der Waals surface area (Å²) < 4.78 is 29.1. The third kappa shape index (κ3) is 6.30. The van der Waals surface area contributed by atoms with Crippen LogP contribution in [0.15, 0.2) is 24.3 Å². The minimum atomic E-state index is -2.79. The average molecular weight is 286 g/mol. The first-order valence-electron chi connectivity index (χ1n) is 6.68. The number of rotatable bonds is 8. The number of nitrogens with one attached hydrogen (secondary N) is 1. The maximum Gasteiger partial charge on any atom is 0.387 e. The molecule has 0 aromatic heterocycles. The highest BCUT2D eigenvalue weighted by atomic mass is 19.3. The van der Waals surface area contributed by atoms with Crippen molar-refractivity contribution in [3.63, 3.8) is 0 Å². The number of alkyl halides is 2. The summed E-state index contributed by atoms with van der Waals surface area (Å²) in [7, 11) is 4.07. The number of para-hydroxylation sites is 1. The molecule has 3 nitrogen and oxygen atoms in total. The van der Waals surface area contributed by atoms with E-state index in [0.717, 1.165) is 18.7 Å². The number of nitrogens with zero attached hydrogens (tertiary/aromatic N) is 1. The van der Waals surface area contributed by atoms with Gasteiger partial charge < -0.3 is 15.0 Å². The van der Waals surface area contributed by atoms with E-state index in [-0.39, 0.29) is 11.2 Å². The van der Waals surface area contributed by atoms with Crippen LogP contribution in [0.4, 0.5) is 8.78 Å². The van der Waals surface area contributed by atoms with E-state index in [4.69, 9.17) is 0 Å². The first-order valence-corrected chi connectivity index (χ1v) is 6.68. The molecule has 0 spiro atoms. The van der Waals surface area contributed by atoms with Crippen LogP contribution in [0.3, 0.4) is 0 Å². The largest absolute Gasteiger partial charge is 0.434 e. The first kappa shape index (κ1) is 16.9. The summed E-state index contributed by atoms with van der Waals surface area (Å²) in [5.41, 5.74) is 0.857. The molecule has 0 saturated carbocycles. The number of hydrogen-bond donors (Lipinski definition) is 1. The van der Waals surface area contributed by atoms with E-state index in [1.807, 2.05) is 20.2 Å². The fourth-order valence-electron chi connectivity index (χ4n) is 2.31. The zero-order valence-corrected chi connectivity index (χ0v) is 12.6. The van der Waals surface area contributed by atoms with E-state index in [1.165, 1.54) is 0 Å². The lowest BCUT2D eigenvalue weighted by Crippen LogP contribution is -2.37. The van der Waals surface area contributed by atoms with Crippen molar-refractivity contribution in [2.24, 2.45) is 5.41 Å². The Bertz CT molecular complexity index is 409. The van der Waals surface area contributed by atoms with Gasteiger partial charge in [-0.1, -0.05) is 32.0 Å². The van der Waals surface area contributed by atoms with Crippen LogP contribution in [-0.4, -0.2) is 38.7 Å². The van der Waals surface area contributed by atoms with Gasteiger partial charge in [0.2, 0.25) is 0 Å². The van der Waals surface area contributed by atoms with E-state index < -0.39 is 6.61 Å². The summed E-state index contributed by atoms with van der Waals surface area (Å²) in [5, 5.41) is 3.31. The summed E-state index contributed by atoms with van der Waals surface area (Å²) in [6.07, 6.45) is 0. The van der Waals surface area contributed by atoms with Gasteiger partial charge in [0.05, 0.1) is 0 Å². The quantitative estimate of drug-likeness (QED) is 0.795. The van der Waals surface area contributed by atoms with Crippen LogP contribution in [0.5, 0.6) is 5.75 Å². The molecule has 0 heterocycles. The zero-order chi connectivity index (χ0) is 15.2. The van der Waals surface area contributed by atoms with E-state index >= 15 is 0 Å². The second-order valence-electron chi connectivity index (χ2n) is 5.99. The molecule has 0 aliphatic carbocycles. The molecule has 114 valence electrons. The predicted molar refractivity (Wildman–Crippen MR) is 77.1 cm³/mol. The van der Waals surface area contributed by atoms with Gasteiger partial charge in [-0.05, 0) is 25.6 Å². The molecule has 0 fully saturated rings. The number of benzene rings is 1. The number of ether oxygens (including phenoxy) is 1. The van der Waals surface area contributed by atoms with E-state index in [1.54, 1.807) is 18.2 Å². The highest BCUT2D eigenvalue weighted by Gasteiger charge is 2.18. The molecule has 0 aliphatic heterocycles. The summed E-state index contributed by atoms with van der Waals surface area (Å²) in [6, 6.07) is 6.87. The number of hydrogen-bond acceptors (Lipinski definition) is 3. The SMILES string of the molecule is CN(C)CC(C)(C)CNCc1ccccc1OC(F)F. The lowest BCUT2D eigenvalue weighted by atomic mass is 9.93. The molecule has 0 atom stereocenters. The van der Waals surface area contributed by atoms with Crippen LogP contribution in [0, 0.1) is 5.41 Å². The van der Waals surface area contributed by atoms with Crippen molar-refractivity contribution in [3.8, 4) is 5.75 Å². The predicted octanol–water partition coefficient (Wildman–Crippen LogP) is 2.97. The van der Waals surface area contributed by atoms with Gasteiger partial charge >= 0.3 is 6.61 Å². The second kappa shape index (κ2) is 7.55. The lowest BCUT2D eigenvalue weighted by molar-refractivity contribution is -0.0505. The van der Waals surface area contributed by atoms with Gasteiger partial charge in [0.1, 0.15) is 5.75 Å². The van der Waals surface area contributed by atoms with Gasteiger partial charge in [-0.25, -0.2) is 0 Å². The highest BCUT2D eigenvalue weighted by molar-refractivity contribution is 5.33. The summed E-state index contributed by atoms with van der Waals surface area (Å²) >= 11 is 0. The Morgan fingerprint density at radius 1 is 1.25 bits per heavy atom. The fraction of sp³-hybridized carbons (Fsp3) is 0.600. The topological polar surface area (TPSA) is 24.5 Å². The first-order chi connectivity index (χ1) is 9.30. The smallest absolute Gasteiger partial charge is 0.387 e. The molecule has 0 amide bonds. The molecular weight excluding hydrogens is 262 g/mol. The molecule has 1 aromatic rings. The monoisotopic (exact) mass is 286 g/mol. The van der Waals surface area contributed by atoms with Crippen molar-refractivity contribution in [1.29, 1.82) is 0 Å². The normalized spacial score (nSPS) is 12.2. The maximum atomic E-state index is 12.3. The Balaban J connectivity index is 2.53. The minimum absolute atomic E-state index is 0.113. The van der Waals surface area contributed by atoms with Gasteiger partial charge in [-0.3, -0.25) is 0 Å². The Morgan fingerprint density at radius 3 is 2.50 bits per heavy atom. The Labute approximate surface area is 119 Å². The summed E-state index contributed by atoms with van der Waals surface area (Å²) in [5.74, 6) is 0.236. The molecule has 0 aliphatic rings. The van der Waals surface area contributed by atoms with Gasteiger partial charge in [-0.15, -0.1) is 0 Å². The van der Waals surface area contributed by atoms with Crippen LogP contribution < -0.4 is 10.1 Å². The maximum absolute atomic E-state index is 12.3. The standard InChI is InChI=1S/C15H24F2N2O/c1-15(2,11-19(3)4)10-18-9-12-7-5-6-8-13(12)20-14(16)17/h5-8,14,18H,9-11H2,1-4H3. The summed E-state index contributed by atoms with van der Waals surface area (Å²) in [6.45, 7) is 3.81. The minimum Gasteiger partial charge on any atom is -0.434 e. The van der Waals surface area contributed by atoms with E-state index in [0.29, 0.717) is 6.54 Å². The molecule has 0 unspecified atom stereocenters. The third-order valence-corrected chi connectivity index (χ3v) is 2.85. The van der Waals surface area contributed by atoms with Crippen molar-refractivity contribution in [3.05, 3.63) is 29.8 Å². The van der Waals surface area contributed by atoms with Crippen molar-refractivity contribution in [1.82, 2.24) is 10.2 Å². The van der Waals surface area contributed by atoms with Crippen molar-refractivity contribution < 1.29 is 13.5 Å². The van der Waals surface area contributed by atoms with Crippen LogP contribution >= 0.6 is 0 Å². The van der Waals surface area contributed by atoms with Crippen molar-refractivity contribution in [2.45, 2.75) is 27.0 Å². The van der Waals surface area contributed by atoms with Crippen molar-refractivity contribution in [2.75, 3.05) is 27.2 Å². The molecule has 5 heteroatoms. The molecule has 0 bridgehead atoms. The van der Waals surface area contributed by atoms with Gasteiger partial charge in [-0.2, -0.15) is 8.78 Å². The summed E-state index contributed by atoms with van der Waals surface area (Å²) in [4.78, 5) is 2.13. The molecule has 1 rings (SSSR count). The third-order valence-electron chi connectivity index (χ3n) is 2.85. The molecule has 0 radical (unpaired) electrons. The fourth-order valence-corrected chi connectivity index (χ4v) is 2.31. The van der Waals surface area contributed by atoms with Crippen molar-refractivity contribution >= 4 is 0 Å². The Kier molecular flexibility index (Phi) is 6.36. The number of halogens is 2. The average Bonchev–Trinajstić information content (AvgIpc) is 2.28. The molecular formula is C15H24F2N2O. The zero-order valence-electron chi connectivity index (χ0n) is 12.6. The van der Waals surface area contributed by atoms with Crippen LogP contribution in [0.25, 0.3) is 0 Å². The van der Waals surface area contributed by atoms with Gasteiger partial charge in [0.25, 0.3) is 0 Å².